The van der Waals surface area contributed by atoms with Gasteiger partial charge in [0.1, 0.15) is 10.8 Å². The number of hydrogen-bond donors (Lipinski definition) is 6. The minimum absolute atomic E-state index is 0.0426. The number of carboxylic acid groups (broad SMARTS) is 2. The van der Waals surface area contributed by atoms with Gasteiger partial charge in [-0.2, -0.15) is 0 Å². The number of para-hydroxylation sites is 2. The molecule has 0 aliphatic heterocycles. The lowest BCUT2D eigenvalue weighted by molar-refractivity contribution is -0.143. The van der Waals surface area contributed by atoms with Crippen LogP contribution < -0.4 is 0 Å². The molecule has 10 nitrogen and oxygen atoms in total. The Morgan fingerprint density at radius 1 is 0.640 bits per heavy atom. The van der Waals surface area contributed by atoms with Crippen LogP contribution in [0.15, 0.2) is 121 Å². The van der Waals surface area contributed by atoms with Crippen molar-refractivity contribution in [1.82, 2.24) is 9.97 Å². The van der Waals surface area contributed by atoms with E-state index in [4.69, 9.17) is 0 Å². The maximum absolute atomic E-state index is 12.8. The molecular weight excluding hydrogens is 674 g/mol. The van der Waals surface area contributed by atoms with Crippen molar-refractivity contribution in [2.24, 2.45) is 0 Å². The first-order valence-electron chi connectivity index (χ1n) is 15.9. The Morgan fingerprint density at radius 3 is 1.62 bits per heavy atom. The fourth-order valence-corrected chi connectivity index (χ4v) is 10.6. The summed E-state index contributed by atoms with van der Waals surface area (Å²) in [4.78, 5) is 51.1. The van der Waals surface area contributed by atoms with Gasteiger partial charge in [0.05, 0.1) is 0 Å². The van der Waals surface area contributed by atoms with Crippen LogP contribution in [0.3, 0.4) is 0 Å². The topological polar surface area (TPSA) is 181 Å². The van der Waals surface area contributed by atoms with Crippen LogP contribution in [0.25, 0.3) is 21.8 Å². The summed E-state index contributed by atoms with van der Waals surface area (Å²) in [7, 11) is -7.40. The second-order valence-corrected chi connectivity index (χ2v) is 17.7. The molecule has 6 N–H and O–H groups in total. The lowest BCUT2D eigenvalue weighted by Gasteiger charge is -2.27. The number of benzene rings is 4. The summed E-state index contributed by atoms with van der Waals surface area (Å²) in [5.74, 6) is -2.24. The van der Waals surface area contributed by atoms with Crippen LogP contribution in [-0.4, -0.2) is 54.2 Å². The molecule has 0 saturated heterocycles. The highest BCUT2D eigenvalue weighted by Gasteiger charge is 2.44. The average Bonchev–Trinajstić information content (AvgIpc) is 3.71. The third-order valence-electron chi connectivity index (χ3n) is 8.92. The molecule has 0 amide bonds. The van der Waals surface area contributed by atoms with E-state index in [-0.39, 0.29) is 24.6 Å². The largest absolute Gasteiger partial charge is 0.481 e. The quantitative estimate of drug-likeness (QED) is 0.0691. The molecule has 0 bridgehead atoms. The van der Waals surface area contributed by atoms with E-state index in [9.17, 15) is 38.7 Å². The van der Waals surface area contributed by atoms with Crippen LogP contribution in [0.1, 0.15) is 36.2 Å². The molecule has 2 aromatic heterocycles. The van der Waals surface area contributed by atoms with Gasteiger partial charge in [-0.15, -0.1) is 0 Å². The fraction of sp³-hybridized carbons (Fsp3) is 0.211. The third kappa shape index (κ3) is 8.35. The predicted molar refractivity (Wildman–Crippen MR) is 196 cm³/mol. The van der Waals surface area contributed by atoms with E-state index in [1.54, 1.807) is 60.8 Å². The third-order valence-corrected chi connectivity index (χ3v) is 12.9. The van der Waals surface area contributed by atoms with Crippen molar-refractivity contribution in [3.8, 4) is 0 Å². The minimum atomic E-state index is -3.70. The SMILES string of the molecule is CC(CP(=O)(O)Cc1ccccc1)(C(=O)O)c1c[nH]c2ccccc12.CC(CP(=O)(O)Cc1ccccc1)(C(=O)O)c1cc2ccccc2[nH]1. The molecule has 4 aromatic carbocycles. The van der Waals surface area contributed by atoms with Gasteiger partial charge < -0.3 is 30.0 Å². The zero-order valence-electron chi connectivity index (χ0n) is 27.7. The van der Waals surface area contributed by atoms with Gasteiger partial charge in [-0.25, -0.2) is 0 Å². The van der Waals surface area contributed by atoms with Crippen molar-refractivity contribution < 1.29 is 38.7 Å². The molecule has 0 aliphatic rings. The second-order valence-electron chi connectivity index (χ2n) is 13.1. The van der Waals surface area contributed by atoms with Crippen molar-refractivity contribution in [2.45, 2.75) is 37.0 Å². The van der Waals surface area contributed by atoms with Gasteiger partial charge in [-0.1, -0.05) is 97.1 Å². The zero-order chi connectivity index (χ0) is 36.2. The number of fused-ring (bicyclic) bond motifs is 2. The summed E-state index contributed by atoms with van der Waals surface area (Å²) < 4.78 is 25.6. The molecule has 6 aromatic rings. The molecule has 0 spiro atoms. The summed E-state index contributed by atoms with van der Waals surface area (Å²) in [5, 5.41) is 21.3. The van der Waals surface area contributed by atoms with Crippen LogP contribution >= 0.6 is 14.7 Å². The van der Waals surface area contributed by atoms with E-state index in [1.165, 1.54) is 13.8 Å². The number of aromatic amines is 2. The molecule has 0 saturated carbocycles. The highest BCUT2D eigenvalue weighted by molar-refractivity contribution is 7.57. The minimum Gasteiger partial charge on any atom is -0.481 e. The molecule has 6 rings (SSSR count). The van der Waals surface area contributed by atoms with Gasteiger partial charge in [-0.3, -0.25) is 18.7 Å². The Morgan fingerprint density at radius 2 is 1.10 bits per heavy atom. The molecule has 0 aliphatic carbocycles. The van der Waals surface area contributed by atoms with E-state index in [0.29, 0.717) is 11.3 Å². The summed E-state index contributed by atoms with van der Waals surface area (Å²) >= 11 is 0. The Bertz CT molecular complexity index is 2170. The van der Waals surface area contributed by atoms with E-state index < -0.39 is 37.5 Å². The van der Waals surface area contributed by atoms with Crippen molar-refractivity contribution in [3.05, 3.63) is 144 Å². The number of nitrogens with one attached hydrogen (secondary N) is 2. The van der Waals surface area contributed by atoms with Gasteiger partial charge >= 0.3 is 11.9 Å². The van der Waals surface area contributed by atoms with Crippen LogP contribution in [0, 0.1) is 0 Å². The van der Waals surface area contributed by atoms with Gasteiger partial charge in [0.15, 0.2) is 0 Å². The number of carboxylic acids is 2. The van der Waals surface area contributed by atoms with Crippen molar-refractivity contribution in [2.75, 3.05) is 12.3 Å². The summed E-state index contributed by atoms with van der Waals surface area (Å²) in [6.45, 7) is 3.01. The zero-order valence-corrected chi connectivity index (χ0v) is 29.5. The van der Waals surface area contributed by atoms with Crippen molar-refractivity contribution in [3.63, 3.8) is 0 Å². The molecule has 0 radical (unpaired) electrons. The lowest BCUT2D eigenvalue weighted by Crippen LogP contribution is -2.36. The first-order chi connectivity index (χ1) is 23.6. The first-order valence-corrected chi connectivity index (χ1v) is 20.0. The highest BCUT2D eigenvalue weighted by atomic mass is 31.2. The fourth-order valence-electron chi connectivity index (χ4n) is 6.27. The van der Waals surface area contributed by atoms with Crippen LogP contribution in [0.4, 0.5) is 0 Å². The first kappa shape index (κ1) is 36.6. The van der Waals surface area contributed by atoms with Crippen molar-refractivity contribution in [1.29, 1.82) is 0 Å². The molecule has 4 unspecified atom stereocenters. The van der Waals surface area contributed by atoms with Crippen LogP contribution in [-0.2, 0) is 41.9 Å². The Kier molecular flexibility index (Phi) is 10.7. The second kappa shape index (κ2) is 14.6. The molecule has 0 fully saturated rings. The van der Waals surface area contributed by atoms with Gasteiger partial charge in [0.2, 0.25) is 14.7 Å². The van der Waals surface area contributed by atoms with E-state index in [1.807, 2.05) is 60.7 Å². The lowest BCUT2D eigenvalue weighted by atomic mass is 9.84. The maximum Gasteiger partial charge on any atom is 0.315 e. The monoisotopic (exact) mass is 714 g/mol. The number of carbonyl (C=O) groups is 2. The normalized spacial score (nSPS) is 16.2. The molecular formula is C38H40N2O8P2. The molecule has 2 heterocycles. The number of H-pyrrole nitrogens is 2. The maximum atomic E-state index is 12.8. The van der Waals surface area contributed by atoms with Crippen LogP contribution in [0.2, 0.25) is 0 Å². The highest BCUT2D eigenvalue weighted by Crippen LogP contribution is 2.52. The smallest absolute Gasteiger partial charge is 0.315 e. The molecule has 50 heavy (non-hydrogen) atoms. The number of rotatable bonds is 12. The van der Waals surface area contributed by atoms with Gasteiger partial charge in [-0.05, 0) is 54.1 Å². The number of aromatic nitrogens is 2. The molecule has 12 heteroatoms. The summed E-state index contributed by atoms with van der Waals surface area (Å²) in [5.41, 5.74) is 1.08. The molecule has 4 atom stereocenters. The van der Waals surface area contributed by atoms with Crippen molar-refractivity contribution >= 4 is 48.5 Å². The average molecular weight is 715 g/mol. The standard InChI is InChI=1S/2C19H20NO4P/c1-19(18(21)22,16-11-20-17-10-6-5-9-15(16)17)13-25(23,24)12-14-7-3-2-4-8-14;1-19(18(21)22,17-11-15-9-5-6-10-16(15)20-17)13-25(23,24)12-14-7-3-2-4-8-14/h2*2-11,20H,12-13H2,1H3,(H,21,22)(H,23,24). The van der Waals surface area contributed by atoms with E-state index in [2.05, 4.69) is 9.97 Å². The number of hydrogen-bond acceptors (Lipinski definition) is 4. The molecule has 260 valence electrons. The number of aliphatic carboxylic acids is 2. The van der Waals surface area contributed by atoms with Gasteiger partial charge in [0, 0.05) is 53.0 Å². The predicted octanol–water partition coefficient (Wildman–Crippen LogP) is 7.96. The summed E-state index contributed by atoms with van der Waals surface area (Å²) in [6, 6.07) is 34.5. The summed E-state index contributed by atoms with van der Waals surface area (Å²) in [6.07, 6.45) is 0.875. The van der Waals surface area contributed by atoms with E-state index in [0.717, 1.165) is 32.9 Å². The van der Waals surface area contributed by atoms with Gasteiger partial charge in [0.25, 0.3) is 0 Å². The van der Waals surface area contributed by atoms with E-state index >= 15 is 0 Å². The Labute approximate surface area is 289 Å². The Hall–Kier alpha value is -4.72. The van der Waals surface area contributed by atoms with Crippen LogP contribution in [0.5, 0.6) is 0 Å². The Balaban J connectivity index is 0.000000194.